The smallest absolute Gasteiger partial charge is 0.230 e. The fourth-order valence-corrected chi connectivity index (χ4v) is 4.37. The van der Waals surface area contributed by atoms with E-state index in [0.717, 1.165) is 34.1 Å². The zero-order valence-corrected chi connectivity index (χ0v) is 20.6. The molecule has 0 unspecified atom stereocenters. The van der Waals surface area contributed by atoms with Crippen LogP contribution in [-0.4, -0.2) is 40.1 Å². The molecule has 8 heteroatoms. The van der Waals surface area contributed by atoms with Crippen molar-refractivity contribution < 1.29 is 14.3 Å². The van der Waals surface area contributed by atoms with Gasteiger partial charge in [-0.15, -0.1) is 10.2 Å². The third-order valence-electron chi connectivity index (χ3n) is 5.27. The highest BCUT2D eigenvalue weighted by Gasteiger charge is 2.16. The molecule has 0 aliphatic carbocycles. The molecule has 4 aromatic rings. The second kappa shape index (κ2) is 12.1. The van der Waals surface area contributed by atoms with Crippen LogP contribution in [0.5, 0.6) is 11.5 Å². The van der Waals surface area contributed by atoms with Gasteiger partial charge in [0.2, 0.25) is 5.91 Å². The third kappa shape index (κ3) is 6.64. The minimum Gasteiger partial charge on any atom is -0.497 e. The third-order valence-corrected chi connectivity index (χ3v) is 6.20. The lowest BCUT2D eigenvalue weighted by Gasteiger charge is -2.12. The second-order valence-corrected chi connectivity index (χ2v) is 8.68. The van der Waals surface area contributed by atoms with E-state index in [4.69, 9.17) is 9.47 Å². The molecule has 0 saturated heterocycles. The molecular formula is C27H28N4O3S. The van der Waals surface area contributed by atoms with Crippen molar-refractivity contribution in [1.82, 2.24) is 20.1 Å². The molecule has 1 aromatic heterocycles. The van der Waals surface area contributed by atoms with Gasteiger partial charge >= 0.3 is 0 Å². The lowest BCUT2D eigenvalue weighted by molar-refractivity contribution is -0.118. The molecule has 180 valence electrons. The van der Waals surface area contributed by atoms with Crippen molar-refractivity contribution in [3.63, 3.8) is 0 Å². The monoisotopic (exact) mass is 488 g/mol. The Morgan fingerprint density at radius 1 is 0.943 bits per heavy atom. The van der Waals surface area contributed by atoms with Crippen molar-refractivity contribution in [2.75, 3.05) is 19.5 Å². The van der Waals surface area contributed by atoms with Gasteiger partial charge in [-0.05, 0) is 54.4 Å². The van der Waals surface area contributed by atoms with Crippen molar-refractivity contribution in [3.05, 3.63) is 95.8 Å². The molecule has 0 bridgehead atoms. The number of hydrogen-bond donors (Lipinski definition) is 1. The van der Waals surface area contributed by atoms with Gasteiger partial charge in [-0.1, -0.05) is 54.2 Å². The molecule has 1 amide bonds. The molecule has 7 nitrogen and oxygen atoms in total. The Bertz CT molecular complexity index is 1240. The van der Waals surface area contributed by atoms with E-state index >= 15 is 0 Å². The summed E-state index contributed by atoms with van der Waals surface area (Å²) in [7, 11) is 1.63. The maximum atomic E-state index is 12.6. The molecule has 3 aromatic carbocycles. The van der Waals surface area contributed by atoms with Crippen LogP contribution in [-0.2, 0) is 17.8 Å². The predicted octanol–water partition coefficient (Wildman–Crippen LogP) is 4.67. The lowest BCUT2D eigenvalue weighted by Crippen LogP contribution is -2.24. The minimum absolute atomic E-state index is 0.0799. The number of nitrogens with one attached hydrogen (secondary N) is 1. The molecule has 0 saturated carbocycles. The highest BCUT2D eigenvalue weighted by molar-refractivity contribution is 7.99. The first-order chi connectivity index (χ1) is 17.2. The van der Waals surface area contributed by atoms with Crippen molar-refractivity contribution in [2.45, 2.75) is 25.0 Å². The molecule has 0 atom stereocenters. The summed E-state index contributed by atoms with van der Waals surface area (Å²) in [5.41, 5.74) is 3.04. The van der Waals surface area contributed by atoms with Gasteiger partial charge < -0.3 is 14.8 Å². The number of methoxy groups -OCH3 is 1. The summed E-state index contributed by atoms with van der Waals surface area (Å²) >= 11 is 1.36. The first-order valence-electron chi connectivity index (χ1n) is 11.4. The van der Waals surface area contributed by atoms with Crippen molar-refractivity contribution >= 4 is 17.7 Å². The zero-order chi connectivity index (χ0) is 24.5. The summed E-state index contributed by atoms with van der Waals surface area (Å²) in [6.45, 7) is 3.00. The SMILES string of the molecule is CCOc1ccc(-n2c(Cc3ccccc3)nnc2SCC(=O)NCc2cccc(OC)c2)cc1. The van der Waals surface area contributed by atoms with Crippen LogP contribution in [0.4, 0.5) is 0 Å². The van der Waals surface area contributed by atoms with Gasteiger partial charge in [0.25, 0.3) is 0 Å². The number of aromatic nitrogens is 3. The Kier molecular flexibility index (Phi) is 8.40. The van der Waals surface area contributed by atoms with Gasteiger partial charge in [0.15, 0.2) is 5.16 Å². The number of ether oxygens (including phenoxy) is 2. The van der Waals surface area contributed by atoms with E-state index in [0.29, 0.717) is 24.7 Å². The Balaban J connectivity index is 1.48. The molecule has 1 heterocycles. The molecule has 0 radical (unpaired) electrons. The highest BCUT2D eigenvalue weighted by Crippen LogP contribution is 2.25. The van der Waals surface area contributed by atoms with E-state index in [1.54, 1.807) is 7.11 Å². The molecule has 0 fully saturated rings. The topological polar surface area (TPSA) is 78.3 Å². The minimum atomic E-state index is -0.0799. The number of thioether (sulfide) groups is 1. The maximum Gasteiger partial charge on any atom is 0.230 e. The average Bonchev–Trinajstić information content (AvgIpc) is 3.29. The van der Waals surface area contributed by atoms with Crippen molar-refractivity contribution in [2.24, 2.45) is 0 Å². The number of carbonyl (C=O) groups excluding carboxylic acids is 1. The van der Waals surface area contributed by atoms with Crippen LogP contribution in [0.2, 0.25) is 0 Å². The number of benzene rings is 3. The number of carbonyl (C=O) groups is 1. The van der Waals surface area contributed by atoms with Crippen molar-refractivity contribution in [1.29, 1.82) is 0 Å². The van der Waals surface area contributed by atoms with Crippen LogP contribution in [0, 0.1) is 0 Å². The Morgan fingerprint density at radius 3 is 2.46 bits per heavy atom. The first-order valence-corrected chi connectivity index (χ1v) is 12.4. The molecule has 35 heavy (non-hydrogen) atoms. The zero-order valence-electron chi connectivity index (χ0n) is 19.8. The highest BCUT2D eigenvalue weighted by atomic mass is 32.2. The fraction of sp³-hybridized carbons (Fsp3) is 0.222. The summed E-state index contributed by atoms with van der Waals surface area (Å²) in [5, 5.41) is 12.5. The summed E-state index contributed by atoms with van der Waals surface area (Å²) < 4.78 is 12.8. The summed E-state index contributed by atoms with van der Waals surface area (Å²) in [6, 6.07) is 25.6. The molecule has 0 spiro atoms. The van der Waals surface area contributed by atoms with Crippen LogP contribution >= 0.6 is 11.8 Å². The predicted molar refractivity (Wildman–Crippen MR) is 137 cm³/mol. The first kappa shape index (κ1) is 24.3. The Morgan fingerprint density at radius 2 is 1.71 bits per heavy atom. The van der Waals surface area contributed by atoms with Gasteiger partial charge in [0.1, 0.15) is 17.3 Å². The molecule has 0 aliphatic rings. The van der Waals surface area contributed by atoms with Gasteiger partial charge in [0, 0.05) is 18.7 Å². The van der Waals surface area contributed by atoms with E-state index in [1.807, 2.05) is 78.2 Å². The van der Waals surface area contributed by atoms with E-state index in [1.165, 1.54) is 11.8 Å². The Labute approximate surface area is 209 Å². The van der Waals surface area contributed by atoms with Gasteiger partial charge in [-0.25, -0.2) is 0 Å². The number of rotatable bonds is 11. The van der Waals surface area contributed by atoms with Crippen LogP contribution in [0.25, 0.3) is 5.69 Å². The van der Waals surface area contributed by atoms with E-state index in [9.17, 15) is 4.79 Å². The van der Waals surface area contributed by atoms with Crippen LogP contribution in [0.1, 0.15) is 23.9 Å². The normalized spacial score (nSPS) is 10.7. The fourth-order valence-electron chi connectivity index (χ4n) is 3.57. The summed E-state index contributed by atoms with van der Waals surface area (Å²) in [6.07, 6.45) is 0.629. The largest absolute Gasteiger partial charge is 0.497 e. The number of amides is 1. The summed E-state index contributed by atoms with van der Waals surface area (Å²) in [5.74, 6) is 2.52. The number of hydrogen-bond acceptors (Lipinski definition) is 6. The van der Waals surface area contributed by atoms with E-state index in [-0.39, 0.29) is 11.7 Å². The van der Waals surface area contributed by atoms with E-state index in [2.05, 4.69) is 27.6 Å². The standard InChI is InChI=1S/C27H28N4O3S/c1-3-34-23-14-12-22(13-15-23)31-25(17-20-8-5-4-6-9-20)29-30-27(31)35-19-26(32)28-18-21-10-7-11-24(16-21)33-2/h4-16H,3,17-19H2,1-2H3,(H,28,32). The summed E-state index contributed by atoms with van der Waals surface area (Å²) in [4.78, 5) is 12.6. The Hall–Kier alpha value is -3.78. The molecule has 0 aliphatic heterocycles. The van der Waals surface area contributed by atoms with Gasteiger partial charge in [0.05, 0.1) is 19.5 Å². The van der Waals surface area contributed by atoms with Gasteiger partial charge in [-0.3, -0.25) is 9.36 Å². The lowest BCUT2D eigenvalue weighted by atomic mass is 10.1. The maximum absolute atomic E-state index is 12.6. The average molecular weight is 489 g/mol. The second-order valence-electron chi connectivity index (χ2n) is 7.74. The quantitative estimate of drug-likeness (QED) is 0.309. The number of nitrogens with zero attached hydrogens (tertiary/aromatic N) is 3. The van der Waals surface area contributed by atoms with Crippen LogP contribution in [0.3, 0.4) is 0 Å². The van der Waals surface area contributed by atoms with Crippen LogP contribution in [0.15, 0.2) is 84.0 Å². The molecule has 1 N–H and O–H groups in total. The van der Waals surface area contributed by atoms with Crippen LogP contribution < -0.4 is 14.8 Å². The van der Waals surface area contributed by atoms with E-state index < -0.39 is 0 Å². The molecule has 4 rings (SSSR count). The van der Waals surface area contributed by atoms with Gasteiger partial charge in [-0.2, -0.15) is 0 Å². The molecular weight excluding hydrogens is 460 g/mol. The van der Waals surface area contributed by atoms with Crippen molar-refractivity contribution in [3.8, 4) is 17.2 Å².